The number of carbonyl (C=O) groups is 1. The van der Waals surface area contributed by atoms with Crippen LogP contribution in [0.5, 0.6) is 0 Å². The van der Waals surface area contributed by atoms with Crippen molar-refractivity contribution in [1.82, 2.24) is 0 Å². The lowest BCUT2D eigenvalue weighted by molar-refractivity contribution is 0.268. The van der Waals surface area contributed by atoms with E-state index in [4.69, 9.17) is 11.0 Å². The zero-order chi connectivity index (χ0) is 14.5. The number of aliphatic imine (C=N–C) groups is 1. The second-order valence-electron chi connectivity index (χ2n) is 4.29. The van der Waals surface area contributed by atoms with Gasteiger partial charge in [0.1, 0.15) is 5.84 Å². The van der Waals surface area contributed by atoms with Crippen LogP contribution in [0.4, 0.5) is 10.5 Å². The third kappa shape index (κ3) is 3.39. The van der Waals surface area contributed by atoms with E-state index in [1.54, 1.807) is 0 Å². The van der Waals surface area contributed by atoms with Gasteiger partial charge in [-0.3, -0.25) is 4.79 Å². The van der Waals surface area contributed by atoms with E-state index < -0.39 is 0 Å². The van der Waals surface area contributed by atoms with Gasteiger partial charge in [0.05, 0.1) is 17.4 Å². The van der Waals surface area contributed by atoms with Crippen molar-refractivity contribution in [2.75, 3.05) is 18.5 Å². The summed E-state index contributed by atoms with van der Waals surface area (Å²) in [6, 6.07) is 9.96. The third-order valence-electron chi connectivity index (χ3n) is 2.85. The van der Waals surface area contributed by atoms with Gasteiger partial charge in [-0.25, -0.2) is 0 Å². The van der Waals surface area contributed by atoms with Crippen molar-refractivity contribution in [3.8, 4) is 6.07 Å². The van der Waals surface area contributed by atoms with E-state index in [2.05, 4.69) is 11.1 Å². The highest BCUT2D eigenvalue weighted by molar-refractivity contribution is 8.18. The lowest BCUT2D eigenvalue weighted by Crippen LogP contribution is -2.17. The van der Waals surface area contributed by atoms with Gasteiger partial charge in [-0.1, -0.05) is 12.1 Å². The summed E-state index contributed by atoms with van der Waals surface area (Å²) in [4.78, 5) is 17.5. The normalized spacial score (nSPS) is 16.1. The topological polar surface area (TPSA) is 82.5 Å². The number of hydrogen-bond donors (Lipinski definition) is 1. The minimum atomic E-state index is -0.276. The molecule has 20 heavy (non-hydrogen) atoms. The van der Waals surface area contributed by atoms with Crippen molar-refractivity contribution in [3.05, 3.63) is 34.7 Å². The Bertz CT molecular complexity index is 613. The molecule has 1 amide bonds. The Balaban J connectivity index is 2.10. The molecule has 1 aliphatic rings. The Hall–Kier alpha value is -2.26. The van der Waals surface area contributed by atoms with Gasteiger partial charge < -0.3 is 10.6 Å². The zero-order valence-electron chi connectivity index (χ0n) is 11.0. The number of benzene rings is 1. The number of amides is 1. The molecule has 0 aliphatic carbocycles. The van der Waals surface area contributed by atoms with Gasteiger partial charge in [-0.15, -0.1) is 0 Å². The fraction of sp³-hybridized carbons (Fsp3) is 0.214. The summed E-state index contributed by atoms with van der Waals surface area (Å²) >= 11 is 1.04. The molecule has 0 bridgehead atoms. The first kappa shape index (κ1) is 14.2. The first-order valence-electron chi connectivity index (χ1n) is 6.06. The summed E-state index contributed by atoms with van der Waals surface area (Å²) in [5.41, 5.74) is 7.65. The molecule has 0 aromatic heterocycles. The monoisotopic (exact) mass is 286 g/mol. The molecular formula is C14H14N4OS. The number of nitrogens with zero attached hydrogens (tertiary/aromatic N) is 3. The molecule has 0 saturated carbocycles. The second-order valence-corrected chi connectivity index (χ2v) is 5.29. The van der Waals surface area contributed by atoms with Crippen molar-refractivity contribution in [3.63, 3.8) is 0 Å². The molecule has 1 aromatic carbocycles. The molecule has 0 fully saturated rings. The quantitative estimate of drug-likeness (QED) is 0.920. The Kier molecular flexibility index (Phi) is 4.43. The van der Waals surface area contributed by atoms with E-state index in [1.165, 1.54) is 0 Å². The lowest BCUT2D eigenvalue weighted by Gasteiger charge is -2.17. The molecule has 102 valence electrons. The summed E-state index contributed by atoms with van der Waals surface area (Å²) in [5.74, 6) is 0.273. The van der Waals surface area contributed by atoms with Crippen molar-refractivity contribution in [1.29, 1.82) is 5.26 Å². The van der Waals surface area contributed by atoms with Crippen LogP contribution in [-0.2, 0) is 0 Å². The van der Waals surface area contributed by atoms with Crippen LogP contribution in [0.2, 0.25) is 0 Å². The molecule has 0 saturated heterocycles. The molecule has 0 atom stereocenters. The van der Waals surface area contributed by atoms with Crippen LogP contribution < -0.4 is 10.6 Å². The van der Waals surface area contributed by atoms with E-state index in [9.17, 15) is 4.79 Å². The SMILES string of the molecule is CN(CCC#N)c1ccc(/C=C2\SC(=O)N=C2N)cc1. The highest BCUT2D eigenvalue weighted by Gasteiger charge is 2.18. The van der Waals surface area contributed by atoms with Gasteiger partial charge in [-0.05, 0) is 35.5 Å². The van der Waals surface area contributed by atoms with E-state index in [0.717, 1.165) is 23.0 Å². The Morgan fingerprint density at radius 2 is 2.15 bits per heavy atom. The number of carbonyl (C=O) groups excluding carboxylic acids is 1. The van der Waals surface area contributed by atoms with E-state index >= 15 is 0 Å². The Morgan fingerprint density at radius 1 is 1.45 bits per heavy atom. The molecule has 0 radical (unpaired) electrons. The summed E-state index contributed by atoms with van der Waals surface area (Å²) in [5, 5.41) is 8.30. The Morgan fingerprint density at radius 3 is 2.70 bits per heavy atom. The predicted molar refractivity (Wildman–Crippen MR) is 82.5 cm³/mol. The first-order chi connectivity index (χ1) is 9.60. The highest BCUT2D eigenvalue weighted by Crippen LogP contribution is 2.27. The predicted octanol–water partition coefficient (Wildman–Crippen LogP) is 2.60. The van der Waals surface area contributed by atoms with E-state index in [1.807, 2.05) is 42.3 Å². The minimum absolute atomic E-state index is 0.273. The fourth-order valence-corrected chi connectivity index (χ4v) is 2.43. The molecular weight excluding hydrogens is 272 g/mol. The van der Waals surface area contributed by atoms with Gasteiger partial charge in [-0.2, -0.15) is 10.3 Å². The van der Waals surface area contributed by atoms with Crippen LogP contribution in [0.3, 0.4) is 0 Å². The van der Waals surface area contributed by atoms with Gasteiger partial charge in [0.25, 0.3) is 0 Å². The summed E-state index contributed by atoms with van der Waals surface area (Å²) in [6.07, 6.45) is 2.33. The fourth-order valence-electron chi connectivity index (χ4n) is 1.75. The molecule has 6 heteroatoms. The van der Waals surface area contributed by atoms with Crippen LogP contribution in [0.15, 0.2) is 34.2 Å². The third-order valence-corrected chi connectivity index (χ3v) is 3.66. The maximum absolute atomic E-state index is 11.1. The molecule has 0 unspecified atom stereocenters. The molecule has 2 rings (SSSR count). The maximum Gasteiger partial charge on any atom is 0.311 e. The van der Waals surface area contributed by atoms with Crippen molar-refractivity contribution >= 4 is 34.6 Å². The molecule has 2 N–H and O–H groups in total. The smallest absolute Gasteiger partial charge is 0.311 e. The molecule has 5 nitrogen and oxygen atoms in total. The molecule has 1 heterocycles. The van der Waals surface area contributed by atoms with E-state index in [-0.39, 0.29) is 11.1 Å². The van der Waals surface area contributed by atoms with Crippen LogP contribution in [0.25, 0.3) is 6.08 Å². The largest absolute Gasteiger partial charge is 0.383 e. The minimum Gasteiger partial charge on any atom is -0.383 e. The van der Waals surface area contributed by atoms with Crippen LogP contribution >= 0.6 is 11.8 Å². The number of thioether (sulfide) groups is 1. The summed E-state index contributed by atoms with van der Waals surface area (Å²) in [6.45, 7) is 0.695. The zero-order valence-corrected chi connectivity index (χ0v) is 11.9. The molecule has 1 aliphatic heterocycles. The molecule has 1 aromatic rings. The van der Waals surface area contributed by atoms with Gasteiger partial charge in [0.2, 0.25) is 0 Å². The Labute approximate surface area is 121 Å². The number of amidine groups is 1. The number of anilines is 1. The number of nitrogens with two attached hydrogens (primary N) is 1. The summed E-state index contributed by atoms with van der Waals surface area (Å²) < 4.78 is 0. The van der Waals surface area contributed by atoms with Crippen LogP contribution in [-0.4, -0.2) is 24.7 Å². The average Bonchev–Trinajstić information content (AvgIpc) is 2.75. The van der Waals surface area contributed by atoms with Crippen LogP contribution in [0.1, 0.15) is 12.0 Å². The van der Waals surface area contributed by atoms with Crippen molar-refractivity contribution in [2.24, 2.45) is 10.7 Å². The lowest BCUT2D eigenvalue weighted by atomic mass is 10.2. The highest BCUT2D eigenvalue weighted by atomic mass is 32.2. The maximum atomic E-state index is 11.1. The standard InChI is InChI=1S/C14H14N4OS/c1-18(8-2-7-15)11-5-3-10(4-6-11)9-12-13(16)17-14(19)20-12/h3-6,9H,2,8H2,1H3,(H2,16,17,19)/b12-9-. The van der Waals surface area contributed by atoms with Gasteiger partial charge >= 0.3 is 5.24 Å². The first-order valence-corrected chi connectivity index (χ1v) is 6.88. The van der Waals surface area contributed by atoms with Crippen molar-refractivity contribution < 1.29 is 4.79 Å². The second kappa shape index (κ2) is 6.26. The molecule has 0 spiro atoms. The van der Waals surface area contributed by atoms with Gasteiger partial charge in [0.15, 0.2) is 0 Å². The average molecular weight is 286 g/mol. The summed E-state index contributed by atoms with van der Waals surface area (Å²) in [7, 11) is 1.95. The number of rotatable bonds is 4. The van der Waals surface area contributed by atoms with Crippen molar-refractivity contribution in [2.45, 2.75) is 6.42 Å². The number of hydrogen-bond acceptors (Lipinski definition) is 5. The van der Waals surface area contributed by atoms with Crippen LogP contribution in [0, 0.1) is 11.3 Å². The number of nitriles is 1. The van der Waals surface area contributed by atoms with Gasteiger partial charge in [0, 0.05) is 19.3 Å². The van der Waals surface area contributed by atoms with E-state index in [0.29, 0.717) is 17.9 Å².